The van der Waals surface area contributed by atoms with Crippen LogP contribution in [-0.2, 0) is 6.18 Å². The molecule has 0 unspecified atom stereocenters. The van der Waals surface area contributed by atoms with Gasteiger partial charge in [0, 0.05) is 49.8 Å². The highest BCUT2D eigenvalue weighted by molar-refractivity contribution is 6.10. The number of aromatic nitrogens is 7. The molecule has 310 valence electrons. The highest BCUT2D eigenvalue weighted by atomic mass is 19.4. The number of alkyl halides is 3. The number of para-hydroxylation sites is 1. The molecule has 11 rings (SSSR count). The molecular formula is C55H34F3N7. The molecule has 0 bridgehead atoms. The minimum atomic E-state index is -4.66. The Morgan fingerprint density at radius 1 is 0.308 bits per heavy atom. The van der Waals surface area contributed by atoms with Crippen molar-refractivity contribution in [1.82, 2.24) is 34.5 Å². The van der Waals surface area contributed by atoms with E-state index >= 15 is 13.2 Å². The summed E-state index contributed by atoms with van der Waals surface area (Å²) in [6.45, 7) is 0. The van der Waals surface area contributed by atoms with E-state index in [-0.39, 0.29) is 11.4 Å². The van der Waals surface area contributed by atoms with Crippen molar-refractivity contribution in [2.45, 2.75) is 6.18 Å². The molecule has 0 aliphatic carbocycles. The lowest BCUT2D eigenvalue weighted by atomic mass is 9.93. The van der Waals surface area contributed by atoms with E-state index in [0.717, 1.165) is 55.7 Å². The second-order valence-corrected chi connectivity index (χ2v) is 15.4. The number of hydrogen-bond acceptors (Lipinski definition) is 6. The van der Waals surface area contributed by atoms with E-state index in [9.17, 15) is 0 Å². The monoisotopic (exact) mass is 849 g/mol. The summed E-state index contributed by atoms with van der Waals surface area (Å²) < 4.78 is 47.2. The molecule has 7 nitrogen and oxygen atoms in total. The Morgan fingerprint density at radius 2 is 0.738 bits per heavy atom. The minimum Gasteiger partial charge on any atom is -0.309 e. The first kappa shape index (κ1) is 39.2. The standard InChI is InChI=1S/C55H34F3N7/c56-55(57,58)46-27-15-13-25-41(46)45-34-40(30-32-44(45)54-63-51(37-21-9-3-10-22-37)60-52(64-54)38-23-11-4-12-24-38)65-47-28-16-14-26-42(47)43-31-29-39(33-48(43)65)53-61-49(35-17-5-1-6-18-35)59-50(62-53)36-19-7-2-8-20-36/h1-34H. The number of fused-ring (bicyclic) bond motifs is 3. The van der Waals surface area contributed by atoms with Crippen molar-refractivity contribution < 1.29 is 13.2 Å². The lowest BCUT2D eigenvalue weighted by molar-refractivity contribution is -0.137. The maximum absolute atomic E-state index is 15.0. The van der Waals surface area contributed by atoms with Gasteiger partial charge in [-0.15, -0.1) is 0 Å². The van der Waals surface area contributed by atoms with Gasteiger partial charge in [0.2, 0.25) is 0 Å². The molecule has 8 aromatic carbocycles. The minimum absolute atomic E-state index is 0.00620. The fourth-order valence-electron chi connectivity index (χ4n) is 8.31. The largest absolute Gasteiger partial charge is 0.417 e. The molecule has 0 amide bonds. The summed E-state index contributed by atoms with van der Waals surface area (Å²) in [5.74, 6) is 2.56. The van der Waals surface area contributed by atoms with Crippen LogP contribution in [0.2, 0.25) is 0 Å². The van der Waals surface area contributed by atoms with E-state index in [4.69, 9.17) is 29.9 Å². The second-order valence-electron chi connectivity index (χ2n) is 15.4. The summed E-state index contributed by atoms with van der Waals surface area (Å²) in [6.07, 6.45) is -4.66. The zero-order valence-electron chi connectivity index (χ0n) is 34.4. The Bertz CT molecular complexity index is 3410. The van der Waals surface area contributed by atoms with Gasteiger partial charge >= 0.3 is 6.18 Å². The smallest absolute Gasteiger partial charge is 0.309 e. The Kier molecular flexibility index (Phi) is 9.81. The zero-order valence-corrected chi connectivity index (χ0v) is 34.4. The Hall–Kier alpha value is -8.63. The van der Waals surface area contributed by atoms with Crippen LogP contribution in [0.5, 0.6) is 0 Å². The zero-order chi connectivity index (χ0) is 43.9. The lowest BCUT2D eigenvalue weighted by Gasteiger charge is -2.18. The van der Waals surface area contributed by atoms with Crippen LogP contribution in [-0.4, -0.2) is 34.5 Å². The van der Waals surface area contributed by atoms with Gasteiger partial charge in [-0.2, -0.15) is 13.2 Å². The van der Waals surface area contributed by atoms with Crippen molar-refractivity contribution in [2.24, 2.45) is 0 Å². The van der Waals surface area contributed by atoms with Gasteiger partial charge in [-0.3, -0.25) is 0 Å². The fraction of sp³-hybridized carbons (Fsp3) is 0.0182. The normalized spacial score (nSPS) is 11.6. The SMILES string of the molecule is FC(F)(F)c1ccccc1-c1cc(-n2c3ccccc3c3ccc(-c4nc(-c5ccccc5)nc(-c5ccccc5)n4)cc32)ccc1-c1nc(-c2ccccc2)nc(-c2ccccc2)n1. The third kappa shape index (κ3) is 7.46. The van der Waals surface area contributed by atoms with Crippen molar-refractivity contribution in [1.29, 1.82) is 0 Å². The highest BCUT2D eigenvalue weighted by Crippen LogP contribution is 2.43. The van der Waals surface area contributed by atoms with E-state index in [1.54, 1.807) is 12.1 Å². The second kappa shape index (κ2) is 16.2. The van der Waals surface area contributed by atoms with E-state index < -0.39 is 11.7 Å². The number of rotatable bonds is 8. The van der Waals surface area contributed by atoms with Crippen LogP contribution in [0.15, 0.2) is 206 Å². The molecule has 0 saturated heterocycles. The molecule has 65 heavy (non-hydrogen) atoms. The maximum atomic E-state index is 15.0. The van der Waals surface area contributed by atoms with E-state index in [2.05, 4.69) is 4.57 Å². The Labute approximate surface area is 371 Å². The van der Waals surface area contributed by atoms with Crippen molar-refractivity contribution in [3.8, 4) is 85.1 Å². The van der Waals surface area contributed by atoms with E-state index in [1.165, 1.54) is 12.1 Å². The van der Waals surface area contributed by atoms with Gasteiger partial charge < -0.3 is 4.57 Å². The lowest BCUT2D eigenvalue weighted by Crippen LogP contribution is -2.08. The van der Waals surface area contributed by atoms with Crippen molar-refractivity contribution >= 4 is 21.8 Å². The molecule has 0 saturated carbocycles. The maximum Gasteiger partial charge on any atom is 0.417 e. The third-order valence-corrected chi connectivity index (χ3v) is 11.4. The van der Waals surface area contributed by atoms with E-state index in [1.807, 2.05) is 176 Å². The predicted molar refractivity (Wildman–Crippen MR) is 251 cm³/mol. The average Bonchev–Trinajstić information content (AvgIpc) is 3.70. The van der Waals surface area contributed by atoms with Crippen molar-refractivity contribution in [2.75, 3.05) is 0 Å². The van der Waals surface area contributed by atoms with Crippen molar-refractivity contribution in [3.05, 3.63) is 212 Å². The Balaban J connectivity index is 1.15. The quantitative estimate of drug-likeness (QED) is 0.151. The molecular weight excluding hydrogens is 816 g/mol. The number of halogens is 3. The van der Waals surface area contributed by atoms with Crippen LogP contribution in [0.4, 0.5) is 13.2 Å². The summed E-state index contributed by atoms with van der Waals surface area (Å²) in [7, 11) is 0. The summed E-state index contributed by atoms with van der Waals surface area (Å²) in [6, 6.07) is 63.8. The summed E-state index contributed by atoms with van der Waals surface area (Å²) >= 11 is 0. The molecule has 0 fully saturated rings. The molecule has 0 radical (unpaired) electrons. The molecule has 3 heterocycles. The molecule has 0 N–H and O–H groups in total. The topological polar surface area (TPSA) is 82.3 Å². The first-order chi connectivity index (χ1) is 31.9. The van der Waals surface area contributed by atoms with E-state index in [0.29, 0.717) is 45.9 Å². The van der Waals surface area contributed by atoms with Crippen LogP contribution >= 0.6 is 0 Å². The van der Waals surface area contributed by atoms with Gasteiger partial charge in [0.15, 0.2) is 34.9 Å². The average molecular weight is 850 g/mol. The van der Waals surface area contributed by atoms with Crippen molar-refractivity contribution in [3.63, 3.8) is 0 Å². The van der Waals surface area contributed by atoms with Crippen LogP contribution < -0.4 is 0 Å². The van der Waals surface area contributed by atoms with Gasteiger partial charge in [0.1, 0.15) is 0 Å². The predicted octanol–water partition coefficient (Wildman–Crippen LogP) is 13.8. The molecule has 10 heteroatoms. The molecule has 0 aliphatic rings. The summed E-state index contributed by atoms with van der Waals surface area (Å²) in [4.78, 5) is 29.6. The molecule has 11 aromatic rings. The van der Waals surface area contributed by atoms with Crippen LogP contribution in [0.1, 0.15) is 5.56 Å². The molecule has 3 aromatic heterocycles. The van der Waals surface area contributed by atoms with Gasteiger partial charge in [-0.05, 0) is 47.5 Å². The van der Waals surface area contributed by atoms with Gasteiger partial charge in [0.05, 0.1) is 16.6 Å². The summed E-state index contributed by atoms with van der Waals surface area (Å²) in [5, 5.41) is 1.92. The number of benzene rings is 8. The first-order valence-electron chi connectivity index (χ1n) is 20.9. The Morgan fingerprint density at radius 3 is 1.26 bits per heavy atom. The van der Waals surface area contributed by atoms with Gasteiger partial charge in [-0.25, -0.2) is 29.9 Å². The number of nitrogens with zero attached hydrogens (tertiary/aromatic N) is 7. The van der Waals surface area contributed by atoms with Gasteiger partial charge in [0.25, 0.3) is 0 Å². The highest BCUT2D eigenvalue weighted by Gasteiger charge is 2.34. The van der Waals surface area contributed by atoms with Crippen LogP contribution in [0, 0.1) is 0 Å². The van der Waals surface area contributed by atoms with Gasteiger partial charge in [-0.1, -0.05) is 170 Å². The molecule has 0 atom stereocenters. The molecule has 0 aliphatic heterocycles. The third-order valence-electron chi connectivity index (χ3n) is 11.4. The summed E-state index contributed by atoms with van der Waals surface area (Å²) in [5.41, 5.74) is 6.17. The first-order valence-corrected chi connectivity index (χ1v) is 20.9. The number of hydrogen-bond donors (Lipinski definition) is 0. The van der Waals surface area contributed by atoms with Crippen LogP contribution in [0.3, 0.4) is 0 Å². The van der Waals surface area contributed by atoms with Crippen LogP contribution in [0.25, 0.3) is 107 Å². The molecule has 0 spiro atoms. The fourth-order valence-corrected chi connectivity index (χ4v) is 8.31.